The van der Waals surface area contributed by atoms with Crippen LogP contribution in [-0.2, 0) is 16.3 Å². The number of benzene rings is 1. The van der Waals surface area contributed by atoms with Gasteiger partial charge >= 0.3 is 0 Å². The van der Waals surface area contributed by atoms with E-state index in [9.17, 15) is 18.1 Å². The van der Waals surface area contributed by atoms with Gasteiger partial charge in [-0.2, -0.15) is 10.4 Å². The summed E-state index contributed by atoms with van der Waals surface area (Å²) in [7, 11) is -1.34. The van der Waals surface area contributed by atoms with Gasteiger partial charge in [-0.3, -0.25) is 4.99 Å². The second-order valence-corrected chi connectivity index (χ2v) is 9.28. The third-order valence-corrected chi connectivity index (χ3v) is 6.62. The zero-order chi connectivity index (χ0) is 21.7. The Morgan fingerprint density at radius 2 is 2.13 bits per heavy atom. The maximum absolute atomic E-state index is 13.2. The predicted molar refractivity (Wildman–Crippen MR) is 128 cm³/mol. The molecule has 4 N–H and O–H groups in total. The molecule has 1 aromatic heterocycles. The Morgan fingerprint density at radius 3 is 2.71 bits per heavy atom. The molecule has 1 saturated heterocycles. The monoisotopic (exact) mass is 561 g/mol. The van der Waals surface area contributed by atoms with E-state index in [-0.39, 0.29) is 53.2 Å². The standard InChI is InChI=1S/C19H24FN7O2S.HI/c1-23-19(25-14-8-10-30(28,29)12-14)24-9-2-3-17-16(11-21)18(22)27(26-17)15-6-4-13(20)5-7-15;/h4-7,14H,2-3,8-10,12,22H2,1H3,(H2,23,24,25);1H. The smallest absolute Gasteiger partial charge is 0.191 e. The number of aryl methyl sites for hydroxylation is 1. The van der Waals surface area contributed by atoms with E-state index in [1.807, 2.05) is 0 Å². The number of hydrogen-bond acceptors (Lipinski definition) is 6. The molecule has 2 aromatic rings. The van der Waals surface area contributed by atoms with Crippen molar-refractivity contribution in [3.05, 3.63) is 41.3 Å². The van der Waals surface area contributed by atoms with E-state index in [0.29, 0.717) is 48.7 Å². The number of rotatable bonds is 6. The maximum Gasteiger partial charge on any atom is 0.191 e. The van der Waals surface area contributed by atoms with Crippen molar-refractivity contribution in [2.75, 3.05) is 30.8 Å². The molecule has 0 aliphatic carbocycles. The summed E-state index contributed by atoms with van der Waals surface area (Å²) in [5.74, 6) is 0.685. The number of nitriles is 1. The topological polar surface area (TPSA) is 138 Å². The summed E-state index contributed by atoms with van der Waals surface area (Å²) in [6, 6.07) is 7.65. The second-order valence-electron chi connectivity index (χ2n) is 7.05. The molecular formula is C19H25FIN7O2S. The molecule has 1 atom stereocenters. The number of nitrogens with two attached hydrogens (primary N) is 1. The number of guanidine groups is 1. The molecule has 3 rings (SSSR count). The van der Waals surface area contributed by atoms with Crippen molar-refractivity contribution in [3.63, 3.8) is 0 Å². The van der Waals surface area contributed by atoms with Crippen LogP contribution in [0.2, 0.25) is 0 Å². The lowest BCUT2D eigenvalue weighted by Gasteiger charge is -2.15. The molecule has 12 heteroatoms. The summed E-state index contributed by atoms with van der Waals surface area (Å²) >= 11 is 0. The molecule has 0 amide bonds. The molecular weight excluding hydrogens is 536 g/mol. The van der Waals surface area contributed by atoms with Gasteiger partial charge in [0.2, 0.25) is 0 Å². The van der Waals surface area contributed by atoms with Crippen molar-refractivity contribution >= 4 is 45.6 Å². The quantitative estimate of drug-likeness (QED) is 0.210. The molecule has 0 spiro atoms. The minimum atomic E-state index is -2.96. The highest BCUT2D eigenvalue weighted by molar-refractivity contribution is 14.0. The van der Waals surface area contributed by atoms with Crippen LogP contribution in [-0.4, -0.2) is 55.3 Å². The van der Waals surface area contributed by atoms with E-state index < -0.39 is 9.84 Å². The summed E-state index contributed by atoms with van der Waals surface area (Å²) in [4.78, 5) is 4.12. The fourth-order valence-electron chi connectivity index (χ4n) is 3.31. The number of nitrogens with zero attached hydrogens (tertiary/aromatic N) is 4. The lowest BCUT2D eigenvalue weighted by molar-refractivity contribution is 0.599. The Kier molecular flexibility index (Phi) is 8.63. The lowest BCUT2D eigenvalue weighted by atomic mass is 10.1. The second kappa shape index (κ2) is 10.8. The Balaban J connectivity index is 0.00000341. The fraction of sp³-hybridized carbons (Fsp3) is 0.421. The average Bonchev–Trinajstić information content (AvgIpc) is 3.22. The highest BCUT2D eigenvalue weighted by Gasteiger charge is 2.28. The largest absolute Gasteiger partial charge is 0.382 e. The van der Waals surface area contributed by atoms with Gasteiger partial charge in [-0.25, -0.2) is 17.5 Å². The van der Waals surface area contributed by atoms with Gasteiger partial charge in [-0.1, -0.05) is 0 Å². The molecule has 0 bridgehead atoms. The summed E-state index contributed by atoms with van der Waals surface area (Å²) in [5.41, 5.74) is 7.50. The first-order chi connectivity index (χ1) is 14.3. The predicted octanol–water partition coefficient (Wildman–Crippen LogP) is 1.37. The molecule has 1 aliphatic rings. The maximum atomic E-state index is 13.2. The number of nitrogen functional groups attached to an aromatic ring is 1. The van der Waals surface area contributed by atoms with Crippen molar-refractivity contribution in [1.82, 2.24) is 20.4 Å². The Labute approximate surface area is 197 Å². The zero-order valence-corrected chi connectivity index (χ0v) is 20.2. The third-order valence-electron chi connectivity index (χ3n) is 4.86. The number of aromatic nitrogens is 2. The highest BCUT2D eigenvalue weighted by Crippen LogP contribution is 2.21. The number of aliphatic imine (C=N–C) groups is 1. The molecule has 1 aliphatic heterocycles. The molecule has 9 nitrogen and oxygen atoms in total. The van der Waals surface area contributed by atoms with Gasteiger partial charge in [0.15, 0.2) is 15.8 Å². The molecule has 2 heterocycles. The van der Waals surface area contributed by atoms with Gasteiger partial charge in [0.1, 0.15) is 23.3 Å². The number of sulfone groups is 1. The number of anilines is 1. The van der Waals surface area contributed by atoms with E-state index in [2.05, 4.69) is 26.8 Å². The van der Waals surface area contributed by atoms with Crippen LogP contribution < -0.4 is 16.4 Å². The zero-order valence-electron chi connectivity index (χ0n) is 17.0. The minimum Gasteiger partial charge on any atom is -0.382 e. The van der Waals surface area contributed by atoms with Crippen molar-refractivity contribution in [2.45, 2.75) is 25.3 Å². The lowest BCUT2D eigenvalue weighted by Crippen LogP contribution is -2.44. The van der Waals surface area contributed by atoms with Gasteiger partial charge in [0, 0.05) is 19.6 Å². The van der Waals surface area contributed by atoms with E-state index in [1.165, 1.54) is 16.8 Å². The minimum absolute atomic E-state index is 0. The number of hydrogen-bond donors (Lipinski definition) is 3. The van der Waals surface area contributed by atoms with Crippen LogP contribution in [0.1, 0.15) is 24.1 Å². The van der Waals surface area contributed by atoms with Crippen LogP contribution in [0.3, 0.4) is 0 Å². The molecule has 0 saturated carbocycles. The highest BCUT2D eigenvalue weighted by atomic mass is 127. The number of halogens is 2. The van der Waals surface area contributed by atoms with Crippen LogP contribution in [0.25, 0.3) is 5.69 Å². The molecule has 0 radical (unpaired) electrons. The molecule has 168 valence electrons. The van der Waals surface area contributed by atoms with Crippen LogP contribution in [0.5, 0.6) is 0 Å². The van der Waals surface area contributed by atoms with E-state index in [4.69, 9.17) is 5.73 Å². The third kappa shape index (κ3) is 6.30. The molecule has 1 fully saturated rings. The van der Waals surface area contributed by atoms with Gasteiger partial charge in [-0.15, -0.1) is 24.0 Å². The molecule has 1 unspecified atom stereocenters. The van der Waals surface area contributed by atoms with Crippen molar-refractivity contribution in [3.8, 4) is 11.8 Å². The van der Waals surface area contributed by atoms with Gasteiger partial charge in [0.05, 0.1) is 22.9 Å². The number of nitrogens with one attached hydrogen (secondary N) is 2. The van der Waals surface area contributed by atoms with E-state index >= 15 is 0 Å². The Hall–Kier alpha value is -2.40. The van der Waals surface area contributed by atoms with Gasteiger partial charge in [0.25, 0.3) is 0 Å². The molecule has 31 heavy (non-hydrogen) atoms. The summed E-state index contributed by atoms with van der Waals surface area (Å²) in [5, 5.41) is 20.1. The Morgan fingerprint density at radius 1 is 1.42 bits per heavy atom. The first-order valence-corrected chi connectivity index (χ1v) is 11.4. The normalized spacial score (nSPS) is 17.6. The van der Waals surface area contributed by atoms with Crippen LogP contribution in [0, 0.1) is 17.1 Å². The average molecular weight is 561 g/mol. The van der Waals surface area contributed by atoms with Gasteiger partial charge in [-0.05, 0) is 43.5 Å². The molecule has 1 aromatic carbocycles. The summed E-state index contributed by atoms with van der Waals surface area (Å²) < 4.78 is 37.7. The first-order valence-electron chi connectivity index (χ1n) is 9.54. The van der Waals surface area contributed by atoms with E-state index in [0.717, 1.165) is 0 Å². The van der Waals surface area contributed by atoms with E-state index in [1.54, 1.807) is 19.2 Å². The fourth-order valence-corrected chi connectivity index (χ4v) is 4.99. The van der Waals surface area contributed by atoms with Gasteiger partial charge < -0.3 is 16.4 Å². The van der Waals surface area contributed by atoms with Crippen LogP contribution in [0.15, 0.2) is 29.3 Å². The summed E-state index contributed by atoms with van der Waals surface area (Å²) in [6.07, 6.45) is 1.72. The van der Waals surface area contributed by atoms with Crippen molar-refractivity contribution in [2.24, 2.45) is 4.99 Å². The first kappa shape index (κ1) is 24.9. The van der Waals surface area contributed by atoms with Crippen LogP contribution >= 0.6 is 24.0 Å². The SMILES string of the molecule is CN=C(NCCCc1nn(-c2ccc(F)cc2)c(N)c1C#N)NC1CCS(=O)(=O)C1.I. The Bertz CT molecular complexity index is 1080. The van der Waals surface area contributed by atoms with Crippen molar-refractivity contribution in [1.29, 1.82) is 5.26 Å². The van der Waals surface area contributed by atoms with Crippen molar-refractivity contribution < 1.29 is 12.8 Å². The van der Waals surface area contributed by atoms with Crippen LogP contribution in [0.4, 0.5) is 10.2 Å². The summed E-state index contributed by atoms with van der Waals surface area (Å²) in [6.45, 7) is 0.549.